The van der Waals surface area contributed by atoms with Crippen molar-refractivity contribution in [1.29, 1.82) is 0 Å². The number of aliphatic hydroxyl groups excluding tert-OH is 1. The molecule has 1 rings (SSSR count). The van der Waals surface area contributed by atoms with Crippen molar-refractivity contribution in [2.24, 2.45) is 0 Å². The second-order valence-corrected chi connectivity index (χ2v) is 3.64. The Kier molecular flexibility index (Phi) is 4.90. The van der Waals surface area contributed by atoms with Gasteiger partial charge in [-0.1, -0.05) is 6.42 Å². The molecule has 1 aliphatic heterocycles. The maximum absolute atomic E-state index is 11.9. The molecule has 82 valence electrons. The van der Waals surface area contributed by atoms with Crippen LogP contribution in [0.15, 0.2) is 0 Å². The minimum absolute atomic E-state index is 0.0183. The fraction of sp³-hybridized carbons (Fsp3) is 0.900. The Hall–Kier alpha value is -0.610. The number of nitrogens with zero attached hydrogens (tertiary/aromatic N) is 1. The lowest BCUT2D eigenvalue weighted by Crippen LogP contribution is -2.49. The summed E-state index contributed by atoms with van der Waals surface area (Å²) in [4.78, 5) is 13.6. The van der Waals surface area contributed by atoms with Crippen molar-refractivity contribution in [3.63, 3.8) is 0 Å². The molecule has 1 aliphatic rings. The Balaban J connectivity index is 2.43. The second-order valence-electron chi connectivity index (χ2n) is 3.64. The molecule has 1 atom stereocenters. The van der Waals surface area contributed by atoms with E-state index >= 15 is 0 Å². The fourth-order valence-electron chi connectivity index (χ4n) is 1.83. The normalized spacial score (nSPS) is 22.0. The maximum Gasteiger partial charge on any atom is 0.239 e. The van der Waals surface area contributed by atoms with Crippen LogP contribution in [0.25, 0.3) is 0 Å². The number of hydrogen-bond acceptors (Lipinski definition) is 3. The van der Waals surface area contributed by atoms with Gasteiger partial charge < -0.3 is 15.3 Å². The van der Waals surface area contributed by atoms with Crippen LogP contribution in [0.5, 0.6) is 0 Å². The molecule has 0 aromatic carbocycles. The van der Waals surface area contributed by atoms with Crippen LogP contribution in [-0.4, -0.2) is 48.2 Å². The van der Waals surface area contributed by atoms with E-state index in [1.165, 1.54) is 0 Å². The summed E-state index contributed by atoms with van der Waals surface area (Å²) in [5.74, 6) is 0.140. The van der Waals surface area contributed by atoms with Crippen molar-refractivity contribution >= 4 is 5.91 Å². The number of piperidine rings is 1. The quantitative estimate of drug-likeness (QED) is 0.670. The summed E-state index contributed by atoms with van der Waals surface area (Å²) in [5.41, 5.74) is 0. The van der Waals surface area contributed by atoms with Crippen LogP contribution in [0.4, 0.5) is 0 Å². The molecule has 1 fully saturated rings. The summed E-state index contributed by atoms with van der Waals surface area (Å²) in [6, 6.07) is -0.0183. The van der Waals surface area contributed by atoms with E-state index in [1.807, 2.05) is 6.92 Å². The van der Waals surface area contributed by atoms with Gasteiger partial charge in [0, 0.05) is 13.1 Å². The van der Waals surface area contributed by atoms with E-state index in [4.69, 9.17) is 5.11 Å². The van der Waals surface area contributed by atoms with Gasteiger partial charge in [0.05, 0.1) is 12.6 Å². The molecule has 0 unspecified atom stereocenters. The number of likely N-dealkylation sites (N-methyl/N-ethyl adjacent to an activating group) is 1. The van der Waals surface area contributed by atoms with Gasteiger partial charge in [-0.05, 0) is 26.3 Å². The van der Waals surface area contributed by atoms with Gasteiger partial charge in [0.25, 0.3) is 0 Å². The molecule has 0 radical (unpaired) electrons. The SMILES string of the molecule is CCN(CCO)C(=O)[C@H]1CCCCN1. The number of carbonyl (C=O) groups is 1. The van der Waals surface area contributed by atoms with E-state index in [1.54, 1.807) is 4.90 Å². The van der Waals surface area contributed by atoms with Crippen molar-refractivity contribution in [3.8, 4) is 0 Å². The number of nitrogens with one attached hydrogen (secondary N) is 1. The number of carbonyl (C=O) groups excluding carboxylic acids is 1. The molecule has 2 N–H and O–H groups in total. The minimum atomic E-state index is -0.0183. The van der Waals surface area contributed by atoms with Gasteiger partial charge in [-0.15, -0.1) is 0 Å². The zero-order valence-corrected chi connectivity index (χ0v) is 8.83. The van der Waals surface area contributed by atoms with Gasteiger partial charge in [0.2, 0.25) is 5.91 Å². The molecular weight excluding hydrogens is 180 g/mol. The third kappa shape index (κ3) is 2.96. The smallest absolute Gasteiger partial charge is 0.239 e. The first-order valence-corrected chi connectivity index (χ1v) is 5.42. The van der Waals surface area contributed by atoms with E-state index in [2.05, 4.69) is 5.32 Å². The zero-order valence-electron chi connectivity index (χ0n) is 8.83. The molecule has 0 aromatic heterocycles. The Bertz CT molecular complexity index is 172. The topological polar surface area (TPSA) is 52.6 Å². The molecule has 1 heterocycles. The fourth-order valence-corrected chi connectivity index (χ4v) is 1.83. The highest BCUT2D eigenvalue weighted by Gasteiger charge is 2.24. The van der Waals surface area contributed by atoms with Gasteiger partial charge in [0.1, 0.15) is 0 Å². The minimum Gasteiger partial charge on any atom is -0.395 e. The van der Waals surface area contributed by atoms with Gasteiger partial charge in [-0.3, -0.25) is 4.79 Å². The standard InChI is InChI=1S/C10H20N2O2/c1-2-12(7-8-13)10(14)9-5-3-4-6-11-9/h9,11,13H,2-8H2,1H3/t9-/m1/s1. The lowest BCUT2D eigenvalue weighted by Gasteiger charge is -2.28. The molecular formula is C10H20N2O2. The molecule has 4 heteroatoms. The highest BCUT2D eigenvalue weighted by molar-refractivity contribution is 5.81. The monoisotopic (exact) mass is 200 g/mol. The highest BCUT2D eigenvalue weighted by Crippen LogP contribution is 2.09. The summed E-state index contributed by atoms with van der Waals surface area (Å²) >= 11 is 0. The van der Waals surface area contributed by atoms with Crippen LogP contribution in [0.3, 0.4) is 0 Å². The highest BCUT2D eigenvalue weighted by atomic mass is 16.3. The van der Waals surface area contributed by atoms with Gasteiger partial charge in [-0.2, -0.15) is 0 Å². The first-order chi connectivity index (χ1) is 6.79. The number of hydrogen-bond donors (Lipinski definition) is 2. The van der Waals surface area contributed by atoms with Gasteiger partial charge in [0.15, 0.2) is 0 Å². The number of amides is 1. The lowest BCUT2D eigenvalue weighted by atomic mass is 10.0. The third-order valence-corrected chi connectivity index (χ3v) is 2.67. The van der Waals surface area contributed by atoms with E-state index < -0.39 is 0 Å². The molecule has 0 aliphatic carbocycles. The van der Waals surface area contributed by atoms with Crippen LogP contribution in [-0.2, 0) is 4.79 Å². The lowest BCUT2D eigenvalue weighted by molar-refractivity contribution is -0.134. The van der Waals surface area contributed by atoms with Crippen LogP contribution < -0.4 is 5.32 Å². The van der Waals surface area contributed by atoms with Crippen molar-refractivity contribution in [2.75, 3.05) is 26.2 Å². The molecule has 0 spiro atoms. The zero-order chi connectivity index (χ0) is 10.4. The number of aliphatic hydroxyl groups is 1. The van der Waals surface area contributed by atoms with Crippen molar-refractivity contribution in [2.45, 2.75) is 32.2 Å². The Labute approximate surface area is 85.3 Å². The van der Waals surface area contributed by atoms with Crippen molar-refractivity contribution < 1.29 is 9.90 Å². The molecule has 14 heavy (non-hydrogen) atoms. The van der Waals surface area contributed by atoms with Crippen LogP contribution >= 0.6 is 0 Å². The van der Waals surface area contributed by atoms with E-state index in [0.717, 1.165) is 25.8 Å². The van der Waals surface area contributed by atoms with E-state index in [-0.39, 0.29) is 18.6 Å². The van der Waals surface area contributed by atoms with Crippen molar-refractivity contribution in [1.82, 2.24) is 10.2 Å². The molecule has 0 aromatic rings. The summed E-state index contributed by atoms with van der Waals surface area (Å²) in [6.07, 6.45) is 3.22. The largest absolute Gasteiger partial charge is 0.395 e. The third-order valence-electron chi connectivity index (χ3n) is 2.67. The molecule has 1 saturated heterocycles. The molecule has 4 nitrogen and oxygen atoms in total. The van der Waals surface area contributed by atoms with Gasteiger partial charge >= 0.3 is 0 Å². The first kappa shape index (κ1) is 11.5. The molecule has 1 amide bonds. The summed E-state index contributed by atoms with van der Waals surface area (Å²) in [5, 5.41) is 12.0. The first-order valence-electron chi connectivity index (χ1n) is 5.42. The van der Waals surface area contributed by atoms with Crippen LogP contribution in [0.1, 0.15) is 26.2 Å². The predicted molar refractivity (Wildman–Crippen MR) is 55.0 cm³/mol. The molecule has 0 saturated carbocycles. The second kappa shape index (κ2) is 5.98. The Morgan fingerprint density at radius 3 is 2.86 bits per heavy atom. The Morgan fingerprint density at radius 1 is 1.57 bits per heavy atom. The Morgan fingerprint density at radius 2 is 2.36 bits per heavy atom. The summed E-state index contributed by atoms with van der Waals surface area (Å²) < 4.78 is 0. The molecule has 0 bridgehead atoms. The van der Waals surface area contributed by atoms with Gasteiger partial charge in [-0.25, -0.2) is 0 Å². The average Bonchev–Trinajstić information content (AvgIpc) is 2.26. The van der Waals surface area contributed by atoms with E-state index in [9.17, 15) is 4.79 Å². The van der Waals surface area contributed by atoms with Crippen LogP contribution in [0.2, 0.25) is 0 Å². The number of rotatable bonds is 4. The summed E-state index contributed by atoms with van der Waals surface area (Å²) in [6.45, 7) is 4.06. The van der Waals surface area contributed by atoms with Crippen molar-refractivity contribution in [3.05, 3.63) is 0 Å². The maximum atomic E-state index is 11.9. The van der Waals surface area contributed by atoms with E-state index in [0.29, 0.717) is 13.1 Å². The van der Waals surface area contributed by atoms with Crippen LogP contribution in [0, 0.1) is 0 Å². The predicted octanol–water partition coefficient (Wildman–Crippen LogP) is -0.0307. The summed E-state index contributed by atoms with van der Waals surface area (Å²) in [7, 11) is 0. The average molecular weight is 200 g/mol.